The molecule has 1 aromatic heterocycles. The van der Waals surface area contributed by atoms with Crippen molar-refractivity contribution in [3.05, 3.63) is 16.0 Å². The third-order valence-electron chi connectivity index (χ3n) is 1.60. The highest BCUT2D eigenvalue weighted by Crippen LogP contribution is 2.23. The Hall–Kier alpha value is -0.640. The first kappa shape index (κ1) is 9.45. The van der Waals surface area contributed by atoms with Gasteiger partial charge in [-0.1, -0.05) is 6.92 Å². The molecule has 0 saturated carbocycles. The van der Waals surface area contributed by atoms with E-state index in [4.69, 9.17) is 0 Å². The minimum atomic E-state index is 0.805. The molecule has 0 atom stereocenters. The first-order valence-electron chi connectivity index (χ1n) is 3.89. The molecular formula is C8H12BrN3. The molecule has 0 radical (unpaired) electrons. The van der Waals surface area contributed by atoms with Gasteiger partial charge in [0, 0.05) is 7.05 Å². The van der Waals surface area contributed by atoms with Gasteiger partial charge in [-0.05, 0) is 29.3 Å². The quantitative estimate of drug-likeness (QED) is 0.845. The molecule has 4 heteroatoms. The summed E-state index contributed by atoms with van der Waals surface area (Å²) >= 11 is 3.45. The van der Waals surface area contributed by atoms with Gasteiger partial charge in [-0.2, -0.15) is 0 Å². The molecule has 1 rings (SSSR count). The highest BCUT2D eigenvalue weighted by Gasteiger charge is 2.06. The number of hydrogen-bond acceptors (Lipinski definition) is 3. The molecule has 0 unspecified atom stereocenters. The molecule has 0 aliphatic carbocycles. The summed E-state index contributed by atoms with van der Waals surface area (Å²) in [4.78, 5) is 8.53. The summed E-state index contributed by atoms with van der Waals surface area (Å²) in [6, 6.07) is 0. The third kappa shape index (κ3) is 1.75. The van der Waals surface area contributed by atoms with Gasteiger partial charge < -0.3 is 5.32 Å². The molecule has 3 nitrogen and oxygen atoms in total. The Bertz CT molecular complexity index is 261. The van der Waals surface area contributed by atoms with Gasteiger partial charge in [0.15, 0.2) is 0 Å². The molecule has 1 aromatic rings. The summed E-state index contributed by atoms with van der Waals surface area (Å²) in [5.41, 5.74) is 1.05. The van der Waals surface area contributed by atoms with E-state index in [1.165, 1.54) is 0 Å². The summed E-state index contributed by atoms with van der Waals surface area (Å²) < 4.78 is 0.970. The summed E-state index contributed by atoms with van der Waals surface area (Å²) in [7, 11) is 1.85. The standard InChI is InChI=1S/C8H12BrN3/c1-4-6-7(9)8(10-3)12-5(2)11-6/h4H2,1-3H3,(H,10,11,12). The first-order chi connectivity index (χ1) is 5.69. The maximum Gasteiger partial charge on any atom is 0.144 e. The lowest BCUT2D eigenvalue weighted by Gasteiger charge is -2.07. The van der Waals surface area contributed by atoms with Crippen molar-refractivity contribution >= 4 is 21.7 Å². The maximum absolute atomic E-state index is 4.30. The molecule has 0 aromatic carbocycles. The van der Waals surface area contributed by atoms with Crippen LogP contribution in [0.4, 0.5) is 5.82 Å². The van der Waals surface area contributed by atoms with Crippen LogP contribution in [0.2, 0.25) is 0 Å². The van der Waals surface area contributed by atoms with E-state index in [1.54, 1.807) is 0 Å². The number of nitrogens with zero attached hydrogens (tertiary/aromatic N) is 2. The summed E-state index contributed by atoms with van der Waals surface area (Å²) in [5.74, 6) is 1.67. The fourth-order valence-electron chi connectivity index (χ4n) is 1.02. The van der Waals surface area contributed by atoms with Gasteiger partial charge in [0.25, 0.3) is 0 Å². The van der Waals surface area contributed by atoms with Crippen molar-refractivity contribution in [1.29, 1.82) is 0 Å². The Labute approximate surface area is 80.7 Å². The second-order valence-corrected chi connectivity index (χ2v) is 3.28. The van der Waals surface area contributed by atoms with E-state index in [0.717, 1.165) is 28.2 Å². The van der Waals surface area contributed by atoms with Crippen molar-refractivity contribution < 1.29 is 0 Å². The monoisotopic (exact) mass is 229 g/mol. The Morgan fingerprint density at radius 1 is 1.42 bits per heavy atom. The first-order valence-corrected chi connectivity index (χ1v) is 4.69. The summed E-state index contributed by atoms with van der Waals surface area (Å²) in [6.45, 7) is 3.97. The van der Waals surface area contributed by atoms with Gasteiger partial charge in [-0.15, -0.1) is 0 Å². The highest BCUT2D eigenvalue weighted by atomic mass is 79.9. The number of nitrogens with one attached hydrogen (secondary N) is 1. The van der Waals surface area contributed by atoms with Crippen molar-refractivity contribution in [2.75, 3.05) is 12.4 Å². The Morgan fingerprint density at radius 2 is 2.08 bits per heavy atom. The molecule has 12 heavy (non-hydrogen) atoms. The van der Waals surface area contributed by atoms with E-state index in [2.05, 4.69) is 38.1 Å². The fraction of sp³-hybridized carbons (Fsp3) is 0.500. The van der Waals surface area contributed by atoms with Crippen LogP contribution in [-0.4, -0.2) is 17.0 Å². The molecular weight excluding hydrogens is 218 g/mol. The van der Waals surface area contributed by atoms with E-state index in [0.29, 0.717) is 0 Å². The van der Waals surface area contributed by atoms with Crippen molar-refractivity contribution in [3.63, 3.8) is 0 Å². The smallest absolute Gasteiger partial charge is 0.144 e. The second kappa shape index (κ2) is 3.85. The lowest BCUT2D eigenvalue weighted by atomic mass is 10.3. The maximum atomic E-state index is 4.30. The molecule has 0 bridgehead atoms. The number of anilines is 1. The number of halogens is 1. The van der Waals surface area contributed by atoms with Crippen molar-refractivity contribution in [3.8, 4) is 0 Å². The zero-order valence-corrected chi connectivity index (χ0v) is 9.07. The van der Waals surface area contributed by atoms with Crippen molar-refractivity contribution in [1.82, 2.24) is 9.97 Å². The Balaban J connectivity index is 3.22. The SMILES string of the molecule is CCc1nc(C)nc(NC)c1Br. The van der Waals surface area contributed by atoms with Crippen LogP contribution >= 0.6 is 15.9 Å². The zero-order valence-electron chi connectivity index (χ0n) is 7.48. The van der Waals surface area contributed by atoms with Gasteiger partial charge in [0.2, 0.25) is 0 Å². The second-order valence-electron chi connectivity index (χ2n) is 2.48. The normalized spacial score (nSPS) is 10.0. The molecule has 0 spiro atoms. The zero-order chi connectivity index (χ0) is 9.14. The number of aryl methyl sites for hydroxylation is 2. The minimum absolute atomic E-state index is 0.805. The van der Waals surface area contributed by atoms with Crippen LogP contribution in [0.25, 0.3) is 0 Å². The van der Waals surface area contributed by atoms with Crippen LogP contribution in [0.15, 0.2) is 4.47 Å². The van der Waals surface area contributed by atoms with Crippen LogP contribution in [-0.2, 0) is 6.42 Å². The average Bonchev–Trinajstić information content (AvgIpc) is 2.08. The van der Waals surface area contributed by atoms with Gasteiger partial charge in [0.05, 0.1) is 10.2 Å². The number of rotatable bonds is 2. The van der Waals surface area contributed by atoms with Crippen LogP contribution in [0.1, 0.15) is 18.4 Å². The molecule has 0 aliphatic heterocycles. The Morgan fingerprint density at radius 3 is 2.58 bits per heavy atom. The lowest BCUT2D eigenvalue weighted by molar-refractivity contribution is 0.939. The third-order valence-corrected chi connectivity index (χ3v) is 2.44. The average molecular weight is 230 g/mol. The fourth-order valence-corrected chi connectivity index (χ4v) is 1.67. The van der Waals surface area contributed by atoms with E-state index in [1.807, 2.05) is 14.0 Å². The van der Waals surface area contributed by atoms with E-state index in [9.17, 15) is 0 Å². The van der Waals surface area contributed by atoms with Crippen LogP contribution in [0.3, 0.4) is 0 Å². The van der Waals surface area contributed by atoms with Crippen LogP contribution < -0.4 is 5.32 Å². The predicted molar refractivity (Wildman–Crippen MR) is 53.4 cm³/mol. The van der Waals surface area contributed by atoms with Crippen LogP contribution in [0.5, 0.6) is 0 Å². The van der Waals surface area contributed by atoms with Crippen LogP contribution in [0, 0.1) is 6.92 Å². The molecule has 1 heterocycles. The van der Waals surface area contributed by atoms with Gasteiger partial charge in [-0.25, -0.2) is 9.97 Å². The molecule has 0 amide bonds. The van der Waals surface area contributed by atoms with Gasteiger partial charge in [0.1, 0.15) is 11.6 Å². The summed E-state index contributed by atoms with van der Waals surface area (Å²) in [6.07, 6.45) is 0.915. The van der Waals surface area contributed by atoms with Gasteiger partial charge in [-0.3, -0.25) is 0 Å². The largest absolute Gasteiger partial charge is 0.372 e. The number of aromatic nitrogens is 2. The van der Waals surface area contributed by atoms with E-state index < -0.39 is 0 Å². The van der Waals surface area contributed by atoms with E-state index >= 15 is 0 Å². The molecule has 0 saturated heterocycles. The molecule has 0 fully saturated rings. The predicted octanol–water partition coefficient (Wildman–Crippen LogP) is 2.15. The lowest BCUT2D eigenvalue weighted by Crippen LogP contribution is -2.02. The van der Waals surface area contributed by atoms with Crippen molar-refractivity contribution in [2.24, 2.45) is 0 Å². The minimum Gasteiger partial charge on any atom is -0.372 e. The van der Waals surface area contributed by atoms with E-state index in [-0.39, 0.29) is 0 Å². The highest BCUT2D eigenvalue weighted by molar-refractivity contribution is 9.10. The summed E-state index contributed by atoms with van der Waals surface area (Å²) in [5, 5.41) is 3.01. The van der Waals surface area contributed by atoms with Gasteiger partial charge >= 0.3 is 0 Å². The van der Waals surface area contributed by atoms with Crippen molar-refractivity contribution in [2.45, 2.75) is 20.3 Å². The Kier molecular flexibility index (Phi) is 3.03. The topological polar surface area (TPSA) is 37.8 Å². The molecule has 66 valence electrons. The molecule has 1 N–H and O–H groups in total. The molecule has 0 aliphatic rings. The number of hydrogen-bond donors (Lipinski definition) is 1.